The molecule has 5 rings (SSSR count). The molecule has 156 valence electrons. The zero-order chi connectivity index (χ0) is 20.2. The van der Waals surface area contributed by atoms with E-state index < -0.39 is 0 Å². The van der Waals surface area contributed by atoms with Gasteiger partial charge in [-0.3, -0.25) is 4.98 Å². The van der Waals surface area contributed by atoms with Crippen LogP contribution in [0.3, 0.4) is 0 Å². The molecule has 1 aromatic rings. The molecule has 1 saturated heterocycles. The number of nitrogens with zero attached hydrogens (tertiary/aromatic N) is 1. The highest BCUT2D eigenvalue weighted by Gasteiger charge is 2.59. The van der Waals surface area contributed by atoms with Crippen molar-refractivity contribution in [3.63, 3.8) is 0 Å². The molecule has 1 amide bonds. The maximum Gasteiger partial charge on any atom is 0.407 e. The Morgan fingerprint density at radius 1 is 1.17 bits per heavy atom. The van der Waals surface area contributed by atoms with Crippen LogP contribution in [0, 0.1) is 28.6 Å². The number of ether oxygens (including phenoxy) is 2. The third-order valence-electron chi connectivity index (χ3n) is 8.80. The number of fused-ring (bicyclic) bond motifs is 5. The van der Waals surface area contributed by atoms with Crippen molar-refractivity contribution in [1.29, 1.82) is 0 Å². The van der Waals surface area contributed by atoms with Gasteiger partial charge in [0, 0.05) is 18.2 Å². The Balaban J connectivity index is 1.44. The van der Waals surface area contributed by atoms with Crippen LogP contribution in [0.5, 0.6) is 5.75 Å². The number of allylic oxidation sites excluding steroid dienone is 2. The topological polar surface area (TPSA) is 60.5 Å². The van der Waals surface area contributed by atoms with E-state index in [4.69, 9.17) is 9.47 Å². The van der Waals surface area contributed by atoms with Gasteiger partial charge in [-0.25, -0.2) is 4.79 Å². The summed E-state index contributed by atoms with van der Waals surface area (Å²) in [5.41, 5.74) is 2.94. The van der Waals surface area contributed by atoms with E-state index in [1.165, 1.54) is 24.0 Å². The number of hydrogen-bond acceptors (Lipinski definition) is 4. The summed E-state index contributed by atoms with van der Waals surface area (Å²) < 4.78 is 11.3. The lowest BCUT2D eigenvalue weighted by atomic mass is 9.48. The minimum atomic E-state index is -0.229. The van der Waals surface area contributed by atoms with Gasteiger partial charge in [-0.15, -0.1) is 0 Å². The van der Waals surface area contributed by atoms with Crippen LogP contribution in [0.1, 0.15) is 57.9 Å². The van der Waals surface area contributed by atoms with Gasteiger partial charge in [0.2, 0.25) is 0 Å². The molecular weight excluding hydrogens is 364 g/mol. The second-order valence-corrected chi connectivity index (χ2v) is 9.95. The highest BCUT2D eigenvalue weighted by Crippen LogP contribution is 2.65. The van der Waals surface area contributed by atoms with Gasteiger partial charge in [-0.1, -0.05) is 19.9 Å². The summed E-state index contributed by atoms with van der Waals surface area (Å²) in [5.74, 6) is 2.80. The molecule has 1 aliphatic heterocycles. The van der Waals surface area contributed by atoms with Crippen LogP contribution >= 0.6 is 0 Å². The second kappa shape index (κ2) is 6.75. The van der Waals surface area contributed by atoms with E-state index >= 15 is 0 Å². The highest BCUT2D eigenvalue weighted by atomic mass is 16.6. The van der Waals surface area contributed by atoms with Crippen molar-refractivity contribution in [2.24, 2.45) is 28.6 Å². The zero-order valence-corrected chi connectivity index (χ0v) is 17.7. The van der Waals surface area contributed by atoms with Gasteiger partial charge in [-0.05, 0) is 78.9 Å². The predicted molar refractivity (Wildman–Crippen MR) is 111 cm³/mol. The van der Waals surface area contributed by atoms with Crippen molar-refractivity contribution < 1.29 is 14.3 Å². The van der Waals surface area contributed by atoms with Crippen LogP contribution in [0.2, 0.25) is 0 Å². The summed E-state index contributed by atoms with van der Waals surface area (Å²) in [6, 6.07) is 2.13. The normalized spacial score (nSPS) is 41.1. The Labute approximate surface area is 173 Å². The Hall–Kier alpha value is -2.04. The number of aromatic nitrogens is 1. The number of carbonyl (C=O) groups is 1. The minimum absolute atomic E-state index is 0.0621. The maximum absolute atomic E-state index is 12.0. The molecule has 2 saturated carbocycles. The molecule has 1 aromatic heterocycles. The number of amides is 1. The first kappa shape index (κ1) is 19.0. The Kier molecular flexibility index (Phi) is 4.41. The smallest absolute Gasteiger partial charge is 0.407 e. The van der Waals surface area contributed by atoms with Gasteiger partial charge in [0.05, 0.1) is 13.3 Å². The van der Waals surface area contributed by atoms with Crippen molar-refractivity contribution in [2.45, 2.75) is 58.5 Å². The standard InChI is InChI=1S/C24H32N2O3/c1-23-9-8-20-17(4-7-21-24(20,2)10-11-26-22(27)29-21)19(23)6-5-18(23)15-12-16(28-3)14-25-13-15/h5,12-14,17,19-21H,4,6-11H2,1-3H3,(H,26,27). The summed E-state index contributed by atoms with van der Waals surface area (Å²) in [7, 11) is 1.70. The summed E-state index contributed by atoms with van der Waals surface area (Å²) in [6.45, 7) is 5.58. The molecule has 0 bridgehead atoms. The zero-order valence-electron chi connectivity index (χ0n) is 17.7. The Bertz CT molecular complexity index is 852. The molecule has 5 heteroatoms. The number of rotatable bonds is 2. The van der Waals surface area contributed by atoms with E-state index in [9.17, 15) is 4.79 Å². The molecule has 6 unspecified atom stereocenters. The van der Waals surface area contributed by atoms with E-state index in [0.29, 0.717) is 17.8 Å². The van der Waals surface area contributed by atoms with Crippen LogP contribution < -0.4 is 10.1 Å². The van der Waals surface area contributed by atoms with Crippen LogP contribution in [-0.2, 0) is 4.74 Å². The van der Waals surface area contributed by atoms with Gasteiger partial charge in [-0.2, -0.15) is 0 Å². The number of methoxy groups -OCH3 is 1. The van der Waals surface area contributed by atoms with Gasteiger partial charge in [0.1, 0.15) is 11.9 Å². The fourth-order valence-corrected chi connectivity index (χ4v) is 7.26. The van der Waals surface area contributed by atoms with Crippen LogP contribution in [0.4, 0.5) is 4.79 Å². The number of carbonyl (C=O) groups excluding carboxylic acids is 1. The molecule has 2 heterocycles. The fraction of sp³-hybridized carbons (Fsp3) is 0.667. The van der Waals surface area contributed by atoms with Crippen molar-refractivity contribution in [2.75, 3.05) is 13.7 Å². The summed E-state index contributed by atoms with van der Waals surface area (Å²) in [6.07, 6.45) is 12.8. The minimum Gasteiger partial charge on any atom is -0.495 e. The number of alkyl carbamates (subject to hydrolysis) is 1. The summed E-state index contributed by atoms with van der Waals surface area (Å²) >= 11 is 0. The molecule has 3 aliphatic carbocycles. The fourth-order valence-electron chi connectivity index (χ4n) is 7.26. The first-order valence-corrected chi connectivity index (χ1v) is 11.1. The predicted octanol–water partition coefficient (Wildman–Crippen LogP) is 4.82. The Morgan fingerprint density at radius 3 is 2.86 bits per heavy atom. The average molecular weight is 397 g/mol. The van der Waals surface area contributed by atoms with Gasteiger partial charge in [0.25, 0.3) is 0 Å². The first-order valence-electron chi connectivity index (χ1n) is 11.1. The second-order valence-electron chi connectivity index (χ2n) is 9.95. The molecular formula is C24H32N2O3. The van der Waals surface area contributed by atoms with Gasteiger partial charge < -0.3 is 14.8 Å². The molecule has 0 spiro atoms. The van der Waals surface area contributed by atoms with Crippen molar-refractivity contribution in [3.05, 3.63) is 30.1 Å². The van der Waals surface area contributed by atoms with E-state index in [1.807, 2.05) is 6.20 Å². The van der Waals surface area contributed by atoms with Crippen molar-refractivity contribution in [3.8, 4) is 5.75 Å². The average Bonchev–Trinajstić information content (AvgIpc) is 2.99. The van der Waals surface area contributed by atoms with Gasteiger partial charge in [0.15, 0.2) is 0 Å². The molecule has 3 fully saturated rings. The molecule has 0 radical (unpaired) electrons. The van der Waals surface area contributed by atoms with Crippen LogP contribution in [0.25, 0.3) is 5.57 Å². The molecule has 0 aromatic carbocycles. The lowest BCUT2D eigenvalue weighted by Gasteiger charge is -2.57. The van der Waals surface area contributed by atoms with E-state index in [2.05, 4.69) is 36.3 Å². The third-order valence-corrected chi connectivity index (χ3v) is 8.80. The number of pyridine rings is 1. The summed E-state index contributed by atoms with van der Waals surface area (Å²) in [5, 5.41) is 2.92. The van der Waals surface area contributed by atoms with Crippen LogP contribution in [-0.4, -0.2) is 30.8 Å². The first-order chi connectivity index (χ1) is 14.0. The third kappa shape index (κ3) is 2.80. The van der Waals surface area contributed by atoms with Gasteiger partial charge >= 0.3 is 6.09 Å². The molecule has 6 atom stereocenters. The Morgan fingerprint density at radius 2 is 2.03 bits per heavy atom. The number of nitrogens with one attached hydrogen (secondary N) is 1. The molecule has 29 heavy (non-hydrogen) atoms. The largest absolute Gasteiger partial charge is 0.495 e. The monoisotopic (exact) mass is 396 g/mol. The van der Waals surface area contributed by atoms with E-state index in [-0.39, 0.29) is 23.0 Å². The van der Waals surface area contributed by atoms with Crippen LogP contribution in [0.15, 0.2) is 24.5 Å². The van der Waals surface area contributed by atoms with Crippen molar-refractivity contribution >= 4 is 11.7 Å². The molecule has 5 nitrogen and oxygen atoms in total. The highest BCUT2D eigenvalue weighted by molar-refractivity contribution is 5.73. The summed E-state index contributed by atoms with van der Waals surface area (Å²) in [4.78, 5) is 16.4. The van der Waals surface area contributed by atoms with Crippen molar-refractivity contribution in [1.82, 2.24) is 10.3 Å². The quantitative estimate of drug-likeness (QED) is 0.778. The SMILES string of the molecule is COc1cncc(C2=CCC3C4CCC5OC(=O)NCCC5(C)C4CCC23C)c1. The lowest BCUT2D eigenvalue weighted by molar-refractivity contribution is -0.113. The molecule has 4 aliphatic rings. The lowest BCUT2D eigenvalue weighted by Crippen LogP contribution is -2.53. The maximum atomic E-state index is 12.0. The van der Waals surface area contributed by atoms with E-state index in [0.717, 1.165) is 38.0 Å². The number of hydrogen-bond donors (Lipinski definition) is 1. The van der Waals surface area contributed by atoms with E-state index in [1.54, 1.807) is 13.3 Å². The molecule has 1 N–H and O–H groups in total.